The third kappa shape index (κ3) is 2.53. The maximum absolute atomic E-state index is 12.7. The number of allylic oxidation sites excluding steroid dienone is 2. The molecule has 0 spiro atoms. The Bertz CT molecular complexity index is 385. The van der Waals surface area contributed by atoms with Crippen molar-refractivity contribution in [2.24, 2.45) is 23.7 Å². The summed E-state index contributed by atoms with van der Waals surface area (Å²) in [6, 6.07) is 0. The van der Waals surface area contributed by atoms with Gasteiger partial charge in [0.15, 0.2) is 0 Å². The molecular formula is C15H23NO3. The Balaban J connectivity index is 2.16. The van der Waals surface area contributed by atoms with E-state index < -0.39 is 11.9 Å². The first-order valence-corrected chi connectivity index (χ1v) is 7.30. The van der Waals surface area contributed by atoms with Crippen molar-refractivity contribution in [2.75, 3.05) is 13.1 Å². The number of rotatable bonds is 6. The lowest BCUT2D eigenvalue weighted by Gasteiger charge is -2.30. The first-order chi connectivity index (χ1) is 9.10. The quantitative estimate of drug-likeness (QED) is 0.749. The highest BCUT2D eigenvalue weighted by molar-refractivity contribution is 5.87. The van der Waals surface area contributed by atoms with E-state index in [2.05, 4.69) is 0 Å². The molecule has 106 valence electrons. The first-order valence-electron chi connectivity index (χ1n) is 7.30. The molecule has 2 aliphatic carbocycles. The van der Waals surface area contributed by atoms with Crippen LogP contribution >= 0.6 is 0 Å². The minimum atomic E-state index is -0.817. The SMILES string of the molecule is CCCN(CCC)C(=O)[C@@H]1[C@@H](C(=O)O)[C@H]2C=C[C@@H]1C2. The Kier molecular flexibility index (Phi) is 4.27. The number of carbonyl (C=O) groups excluding carboxylic acids is 1. The molecule has 0 aliphatic heterocycles. The number of nitrogens with zero attached hydrogens (tertiary/aromatic N) is 1. The molecule has 1 fully saturated rings. The number of hydrogen-bond acceptors (Lipinski definition) is 2. The van der Waals surface area contributed by atoms with Gasteiger partial charge in [-0.15, -0.1) is 0 Å². The smallest absolute Gasteiger partial charge is 0.307 e. The molecular weight excluding hydrogens is 242 g/mol. The van der Waals surface area contributed by atoms with Crippen LogP contribution < -0.4 is 0 Å². The molecule has 0 aromatic heterocycles. The van der Waals surface area contributed by atoms with E-state index in [1.54, 1.807) is 0 Å². The van der Waals surface area contributed by atoms with Gasteiger partial charge in [-0.3, -0.25) is 9.59 Å². The summed E-state index contributed by atoms with van der Waals surface area (Å²) < 4.78 is 0. The van der Waals surface area contributed by atoms with Gasteiger partial charge in [0.2, 0.25) is 5.91 Å². The van der Waals surface area contributed by atoms with E-state index in [0.717, 1.165) is 32.4 Å². The molecule has 19 heavy (non-hydrogen) atoms. The van der Waals surface area contributed by atoms with Crippen LogP contribution in [-0.2, 0) is 9.59 Å². The molecule has 0 saturated heterocycles. The van der Waals surface area contributed by atoms with Crippen LogP contribution in [0.25, 0.3) is 0 Å². The number of fused-ring (bicyclic) bond motifs is 2. The van der Waals surface area contributed by atoms with Crippen LogP contribution in [0.5, 0.6) is 0 Å². The molecule has 4 atom stereocenters. The summed E-state index contributed by atoms with van der Waals surface area (Å²) in [5, 5.41) is 9.39. The Labute approximate surface area is 114 Å². The van der Waals surface area contributed by atoms with Crippen LogP contribution in [0.15, 0.2) is 12.2 Å². The molecule has 0 aromatic rings. The number of carboxylic acid groups (broad SMARTS) is 1. The zero-order valence-electron chi connectivity index (χ0n) is 11.7. The van der Waals surface area contributed by atoms with Crippen LogP contribution in [0.2, 0.25) is 0 Å². The van der Waals surface area contributed by atoms with Crippen molar-refractivity contribution in [3.05, 3.63) is 12.2 Å². The molecule has 2 bridgehead atoms. The largest absolute Gasteiger partial charge is 0.481 e. The normalized spacial score (nSPS) is 31.7. The summed E-state index contributed by atoms with van der Waals surface area (Å²) in [5.74, 6) is -1.43. The molecule has 0 aromatic carbocycles. The fourth-order valence-corrected chi connectivity index (χ4v) is 3.58. The number of carboxylic acids is 1. The highest BCUT2D eigenvalue weighted by Gasteiger charge is 2.52. The topological polar surface area (TPSA) is 57.6 Å². The maximum Gasteiger partial charge on any atom is 0.307 e. The predicted molar refractivity (Wildman–Crippen MR) is 72.5 cm³/mol. The van der Waals surface area contributed by atoms with Crippen molar-refractivity contribution < 1.29 is 14.7 Å². The molecule has 2 aliphatic rings. The van der Waals surface area contributed by atoms with Gasteiger partial charge in [-0.05, 0) is 31.1 Å². The van der Waals surface area contributed by atoms with Crippen molar-refractivity contribution in [1.82, 2.24) is 4.90 Å². The van der Waals surface area contributed by atoms with Gasteiger partial charge in [0.25, 0.3) is 0 Å². The Morgan fingerprint density at radius 1 is 1.11 bits per heavy atom. The fraction of sp³-hybridized carbons (Fsp3) is 0.733. The molecule has 4 nitrogen and oxygen atoms in total. The lowest BCUT2D eigenvalue weighted by molar-refractivity contribution is -0.151. The van der Waals surface area contributed by atoms with Gasteiger partial charge < -0.3 is 10.0 Å². The number of hydrogen-bond donors (Lipinski definition) is 1. The van der Waals surface area contributed by atoms with Crippen molar-refractivity contribution in [3.63, 3.8) is 0 Å². The van der Waals surface area contributed by atoms with Crippen molar-refractivity contribution >= 4 is 11.9 Å². The lowest BCUT2D eigenvalue weighted by atomic mass is 9.82. The average molecular weight is 265 g/mol. The standard InChI is InChI=1S/C15H23NO3/c1-3-7-16(8-4-2)14(17)12-10-5-6-11(9-10)13(12)15(18)19/h5-6,10-13H,3-4,7-9H2,1-2H3,(H,18,19)/t10-,11+,12+,13+/m1/s1. The zero-order valence-corrected chi connectivity index (χ0v) is 11.7. The van der Waals surface area contributed by atoms with Crippen LogP contribution in [0.4, 0.5) is 0 Å². The highest BCUT2D eigenvalue weighted by Crippen LogP contribution is 2.48. The molecule has 0 radical (unpaired) electrons. The molecule has 0 unspecified atom stereocenters. The minimum absolute atomic E-state index is 0.0490. The van der Waals surface area contributed by atoms with Crippen molar-refractivity contribution in [1.29, 1.82) is 0 Å². The maximum atomic E-state index is 12.7. The third-order valence-corrected chi connectivity index (χ3v) is 4.33. The van der Waals surface area contributed by atoms with Gasteiger partial charge in [0.1, 0.15) is 0 Å². The second-order valence-electron chi connectivity index (χ2n) is 5.66. The summed E-state index contributed by atoms with van der Waals surface area (Å²) >= 11 is 0. The lowest BCUT2D eigenvalue weighted by Crippen LogP contribution is -2.43. The van der Waals surface area contributed by atoms with E-state index in [9.17, 15) is 14.7 Å². The van der Waals surface area contributed by atoms with Gasteiger partial charge >= 0.3 is 5.97 Å². The second kappa shape index (κ2) is 5.76. The summed E-state index contributed by atoms with van der Waals surface area (Å²) in [4.78, 5) is 26.0. The van der Waals surface area contributed by atoms with Gasteiger partial charge in [-0.25, -0.2) is 0 Å². The van der Waals surface area contributed by atoms with E-state index in [-0.39, 0.29) is 23.7 Å². The monoisotopic (exact) mass is 265 g/mol. The Hall–Kier alpha value is -1.32. The van der Waals surface area contributed by atoms with Crippen molar-refractivity contribution in [2.45, 2.75) is 33.1 Å². The molecule has 1 N–H and O–H groups in total. The van der Waals surface area contributed by atoms with Crippen LogP contribution in [0.3, 0.4) is 0 Å². The van der Waals surface area contributed by atoms with E-state index >= 15 is 0 Å². The predicted octanol–water partition coefficient (Wildman–Crippen LogP) is 2.16. The second-order valence-corrected chi connectivity index (χ2v) is 5.66. The number of amides is 1. The Morgan fingerprint density at radius 2 is 1.63 bits per heavy atom. The van der Waals surface area contributed by atoms with E-state index in [1.165, 1.54) is 0 Å². The van der Waals surface area contributed by atoms with E-state index in [1.807, 2.05) is 30.9 Å². The molecule has 1 saturated carbocycles. The highest BCUT2D eigenvalue weighted by atomic mass is 16.4. The van der Waals surface area contributed by atoms with E-state index in [0.29, 0.717) is 0 Å². The first kappa shape index (κ1) is 14.1. The van der Waals surface area contributed by atoms with Crippen LogP contribution in [0.1, 0.15) is 33.1 Å². The molecule has 4 heteroatoms. The van der Waals surface area contributed by atoms with Crippen LogP contribution in [-0.4, -0.2) is 35.0 Å². The summed E-state index contributed by atoms with van der Waals surface area (Å²) in [6.07, 6.45) is 6.69. The Morgan fingerprint density at radius 3 is 2.11 bits per heavy atom. The molecule has 1 amide bonds. The summed E-state index contributed by atoms with van der Waals surface area (Å²) in [7, 11) is 0. The fourth-order valence-electron chi connectivity index (χ4n) is 3.58. The zero-order chi connectivity index (χ0) is 14.0. The van der Waals surface area contributed by atoms with E-state index in [4.69, 9.17) is 0 Å². The average Bonchev–Trinajstić information content (AvgIpc) is 2.97. The van der Waals surface area contributed by atoms with Gasteiger partial charge in [-0.1, -0.05) is 26.0 Å². The molecule has 2 rings (SSSR count). The number of carbonyl (C=O) groups is 2. The van der Waals surface area contributed by atoms with Gasteiger partial charge in [-0.2, -0.15) is 0 Å². The minimum Gasteiger partial charge on any atom is -0.481 e. The van der Waals surface area contributed by atoms with Crippen molar-refractivity contribution in [3.8, 4) is 0 Å². The molecule has 0 heterocycles. The third-order valence-electron chi connectivity index (χ3n) is 4.33. The van der Waals surface area contributed by atoms with Gasteiger partial charge in [0, 0.05) is 13.1 Å². The summed E-state index contributed by atoms with van der Waals surface area (Å²) in [6.45, 7) is 5.56. The van der Waals surface area contributed by atoms with Crippen LogP contribution in [0, 0.1) is 23.7 Å². The van der Waals surface area contributed by atoms with Gasteiger partial charge in [0.05, 0.1) is 11.8 Å². The summed E-state index contributed by atoms with van der Waals surface area (Å²) in [5.41, 5.74) is 0. The number of aliphatic carboxylic acids is 1.